The van der Waals surface area contributed by atoms with Gasteiger partial charge in [-0.05, 0) is 46.7 Å². The van der Waals surface area contributed by atoms with E-state index in [1.807, 2.05) is 0 Å². The maximum absolute atomic E-state index is 2.59. The Labute approximate surface area is 77.8 Å². The first-order chi connectivity index (χ1) is 5.54. The van der Waals surface area contributed by atoms with Gasteiger partial charge in [0.2, 0.25) is 0 Å². The van der Waals surface area contributed by atoms with Crippen molar-refractivity contribution in [1.29, 1.82) is 0 Å². The van der Waals surface area contributed by atoms with Crippen LogP contribution in [-0.4, -0.2) is 30.8 Å². The summed E-state index contributed by atoms with van der Waals surface area (Å²) in [6.07, 6.45) is 2.71. The summed E-state index contributed by atoms with van der Waals surface area (Å²) in [7, 11) is 2.36. The van der Waals surface area contributed by atoms with Crippen LogP contribution in [0.3, 0.4) is 0 Å². The molecule has 1 nitrogen and oxygen atoms in total. The summed E-state index contributed by atoms with van der Waals surface area (Å²) in [6, 6.07) is 0. The predicted molar refractivity (Wildman–Crippen MR) is 55.9 cm³/mol. The Morgan fingerprint density at radius 3 is 2.00 bits per heavy atom. The van der Waals surface area contributed by atoms with E-state index >= 15 is 0 Å². The molecule has 0 amide bonds. The molecule has 12 heavy (non-hydrogen) atoms. The monoisotopic (exact) mass is 166 g/mol. The van der Waals surface area contributed by atoms with Gasteiger partial charge in [-0.1, -0.05) is 12.6 Å². The predicted octanol–water partition coefficient (Wildman–Crippen LogP) is 2.42. The van der Waals surface area contributed by atoms with Crippen molar-refractivity contribution in [2.24, 2.45) is 0 Å². The molecule has 0 unspecified atom stereocenters. The highest BCUT2D eigenvalue weighted by Gasteiger charge is 2.25. The van der Waals surface area contributed by atoms with Crippen molar-refractivity contribution in [3.05, 3.63) is 0 Å². The van der Waals surface area contributed by atoms with Crippen LogP contribution in [0.15, 0.2) is 0 Å². The fourth-order valence-electron chi connectivity index (χ4n) is 1.90. The van der Waals surface area contributed by atoms with Gasteiger partial charge < -0.3 is 0 Å². The van der Waals surface area contributed by atoms with Crippen LogP contribution in [0.4, 0.5) is 0 Å². The summed E-state index contributed by atoms with van der Waals surface area (Å²) in [5, 5.41) is 0. The molecule has 1 aliphatic heterocycles. The minimum Gasteiger partial charge on any atom is -0.299 e. The summed E-state index contributed by atoms with van der Waals surface area (Å²) in [5.41, 5.74) is 0.374. The zero-order valence-electron chi connectivity index (χ0n) is 8.93. The van der Waals surface area contributed by atoms with Gasteiger partial charge in [0.25, 0.3) is 0 Å². The number of rotatable bonds is 1. The maximum Gasteiger partial charge on any atom is 0.110 e. The summed E-state index contributed by atoms with van der Waals surface area (Å²) < 4.78 is 0. The van der Waals surface area contributed by atoms with E-state index in [2.05, 4.69) is 39.8 Å². The van der Waals surface area contributed by atoms with Gasteiger partial charge in [0, 0.05) is 5.54 Å². The largest absolute Gasteiger partial charge is 0.299 e. The molecule has 0 bridgehead atoms. The molecule has 1 saturated heterocycles. The van der Waals surface area contributed by atoms with Gasteiger partial charge in [-0.2, -0.15) is 0 Å². The van der Waals surface area contributed by atoms with Gasteiger partial charge in [0.15, 0.2) is 0 Å². The third kappa shape index (κ3) is 2.51. The topological polar surface area (TPSA) is 3.24 Å². The smallest absolute Gasteiger partial charge is 0.110 e. The van der Waals surface area contributed by atoms with E-state index in [0.29, 0.717) is 5.54 Å². The zero-order valence-corrected chi connectivity index (χ0v) is 8.93. The molecule has 69 valence electrons. The van der Waals surface area contributed by atoms with E-state index in [1.54, 1.807) is 0 Å². The Morgan fingerprint density at radius 2 is 1.67 bits per heavy atom. The SMILES string of the molecule is C[B]C1CCN(C(C)(C)C)CC1. The lowest BCUT2D eigenvalue weighted by molar-refractivity contribution is 0.111. The Hall–Kier alpha value is 0.0249. The quantitative estimate of drug-likeness (QED) is 0.540. The average molecular weight is 166 g/mol. The molecule has 1 heterocycles. The van der Waals surface area contributed by atoms with E-state index in [0.717, 1.165) is 5.82 Å². The van der Waals surface area contributed by atoms with Crippen LogP contribution in [0.25, 0.3) is 0 Å². The first-order valence-corrected chi connectivity index (χ1v) is 5.08. The highest BCUT2D eigenvalue weighted by Crippen LogP contribution is 2.26. The molecule has 0 aromatic carbocycles. The second kappa shape index (κ2) is 3.82. The van der Waals surface area contributed by atoms with E-state index < -0.39 is 0 Å². The molecular weight excluding hydrogens is 145 g/mol. The Morgan fingerprint density at radius 1 is 1.17 bits per heavy atom. The number of hydrogen-bond donors (Lipinski definition) is 0. The van der Waals surface area contributed by atoms with Gasteiger partial charge in [-0.25, -0.2) is 0 Å². The molecule has 1 rings (SSSR count). The molecule has 1 radical (unpaired) electrons. The van der Waals surface area contributed by atoms with Crippen molar-refractivity contribution in [3.8, 4) is 0 Å². The first-order valence-electron chi connectivity index (χ1n) is 5.08. The van der Waals surface area contributed by atoms with Crippen molar-refractivity contribution in [3.63, 3.8) is 0 Å². The van der Waals surface area contributed by atoms with Gasteiger partial charge in [-0.3, -0.25) is 4.90 Å². The summed E-state index contributed by atoms with van der Waals surface area (Å²) in [4.78, 5) is 2.59. The Kier molecular flexibility index (Phi) is 3.22. The molecule has 0 aliphatic carbocycles. The summed E-state index contributed by atoms with van der Waals surface area (Å²) in [5.74, 6) is 0.878. The van der Waals surface area contributed by atoms with Crippen LogP contribution in [0.5, 0.6) is 0 Å². The lowest BCUT2D eigenvalue weighted by Crippen LogP contribution is -2.45. The fourth-order valence-corrected chi connectivity index (χ4v) is 1.90. The van der Waals surface area contributed by atoms with Crippen molar-refractivity contribution in [2.75, 3.05) is 13.1 Å². The van der Waals surface area contributed by atoms with Gasteiger partial charge >= 0.3 is 0 Å². The second-order valence-corrected chi connectivity index (χ2v) is 4.83. The van der Waals surface area contributed by atoms with Crippen LogP contribution in [0.2, 0.25) is 12.6 Å². The van der Waals surface area contributed by atoms with Crippen LogP contribution in [0.1, 0.15) is 33.6 Å². The molecular formula is C10H21BN. The molecule has 0 spiro atoms. The first kappa shape index (κ1) is 10.1. The zero-order chi connectivity index (χ0) is 9.19. The van der Waals surface area contributed by atoms with E-state index in [9.17, 15) is 0 Å². The molecule has 0 saturated carbocycles. The summed E-state index contributed by atoms with van der Waals surface area (Å²) >= 11 is 0. The molecule has 0 N–H and O–H groups in total. The normalized spacial score (nSPS) is 22.7. The Balaban J connectivity index is 2.36. The number of piperidine rings is 1. The van der Waals surface area contributed by atoms with Crippen LogP contribution in [-0.2, 0) is 0 Å². The van der Waals surface area contributed by atoms with Gasteiger partial charge in [0.1, 0.15) is 7.28 Å². The Bertz CT molecular complexity index is 131. The lowest BCUT2D eigenvalue weighted by Gasteiger charge is -2.40. The molecule has 0 atom stereocenters. The minimum absolute atomic E-state index is 0.374. The number of nitrogens with zero attached hydrogens (tertiary/aromatic N) is 1. The van der Waals surface area contributed by atoms with Gasteiger partial charge in [-0.15, -0.1) is 0 Å². The third-order valence-electron chi connectivity index (χ3n) is 2.96. The van der Waals surface area contributed by atoms with Gasteiger partial charge in [0.05, 0.1) is 0 Å². The molecule has 2 heteroatoms. The fraction of sp³-hybridized carbons (Fsp3) is 1.00. The molecule has 0 aromatic rings. The third-order valence-corrected chi connectivity index (χ3v) is 2.96. The minimum atomic E-state index is 0.374. The van der Waals surface area contributed by atoms with Crippen molar-refractivity contribution >= 4 is 7.28 Å². The van der Waals surface area contributed by atoms with Crippen molar-refractivity contribution in [2.45, 2.75) is 51.8 Å². The number of likely N-dealkylation sites (tertiary alicyclic amines) is 1. The summed E-state index contributed by atoms with van der Waals surface area (Å²) in [6.45, 7) is 11.7. The average Bonchev–Trinajstić information content (AvgIpc) is 2.03. The highest BCUT2D eigenvalue weighted by atomic mass is 15.2. The van der Waals surface area contributed by atoms with E-state index in [4.69, 9.17) is 0 Å². The van der Waals surface area contributed by atoms with Crippen molar-refractivity contribution in [1.82, 2.24) is 4.90 Å². The molecule has 0 aromatic heterocycles. The standard InChI is InChI=1S/C10H21BN/c1-10(2,3)12-7-5-9(11-4)6-8-12/h9H,5-8H2,1-4H3. The number of hydrogen-bond acceptors (Lipinski definition) is 1. The maximum atomic E-state index is 2.59. The highest BCUT2D eigenvalue weighted by molar-refractivity contribution is 6.35. The van der Waals surface area contributed by atoms with Crippen LogP contribution >= 0.6 is 0 Å². The van der Waals surface area contributed by atoms with Crippen LogP contribution < -0.4 is 0 Å². The lowest BCUT2D eigenvalue weighted by atomic mass is 9.62. The molecule has 1 aliphatic rings. The van der Waals surface area contributed by atoms with Crippen molar-refractivity contribution < 1.29 is 0 Å². The van der Waals surface area contributed by atoms with E-state index in [1.165, 1.54) is 25.9 Å². The van der Waals surface area contributed by atoms with E-state index in [-0.39, 0.29) is 0 Å². The molecule has 1 fully saturated rings. The second-order valence-electron chi connectivity index (χ2n) is 4.83. The van der Waals surface area contributed by atoms with Crippen LogP contribution in [0, 0.1) is 0 Å².